The fraction of sp³-hybridized carbons (Fsp3) is 0.192. The topological polar surface area (TPSA) is 104 Å². The molecule has 2 heterocycles. The molecule has 3 amide bonds. The minimum Gasteiger partial charge on any atom is -0.352 e. The second-order valence-corrected chi connectivity index (χ2v) is 7.85. The van der Waals surface area contributed by atoms with Gasteiger partial charge in [0.05, 0.1) is 12.3 Å². The number of nitrogens with one attached hydrogen (secondary N) is 2. The molecule has 0 fully saturated rings. The Kier molecular flexibility index (Phi) is 7.39. The summed E-state index contributed by atoms with van der Waals surface area (Å²) in [5.41, 5.74) is 3.87. The molecule has 0 bridgehead atoms. The number of nitrogens with zero attached hydrogens (tertiary/aromatic N) is 3. The predicted molar refractivity (Wildman–Crippen MR) is 129 cm³/mol. The van der Waals surface area contributed by atoms with Gasteiger partial charge in [-0.2, -0.15) is 5.10 Å². The monoisotopic (exact) mass is 455 g/mol. The third kappa shape index (κ3) is 6.13. The number of rotatable bonds is 8. The van der Waals surface area contributed by atoms with Crippen molar-refractivity contribution < 1.29 is 14.4 Å². The zero-order valence-corrected chi connectivity index (χ0v) is 18.6. The van der Waals surface area contributed by atoms with Crippen LogP contribution >= 0.6 is 0 Å². The van der Waals surface area contributed by atoms with Crippen LogP contribution in [0, 0.1) is 0 Å². The van der Waals surface area contributed by atoms with Crippen molar-refractivity contribution in [1.29, 1.82) is 0 Å². The summed E-state index contributed by atoms with van der Waals surface area (Å²) < 4.78 is 0. The summed E-state index contributed by atoms with van der Waals surface area (Å²) in [6.07, 6.45) is 4.01. The van der Waals surface area contributed by atoms with E-state index in [4.69, 9.17) is 0 Å². The van der Waals surface area contributed by atoms with Crippen molar-refractivity contribution in [2.75, 3.05) is 11.9 Å². The second kappa shape index (κ2) is 11.0. The van der Waals surface area contributed by atoms with E-state index in [-0.39, 0.29) is 30.6 Å². The first kappa shape index (κ1) is 22.8. The molecule has 0 radical (unpaired) electrons. The van der Waals surface area contributed by atoms with E-state index in [2.05, 4.69) is 20.7 Å². The van der Waals surface area contributed by atoms with E-state index in [0.717, 1.165) is 16.8 Å². The van der Waals surface area contributed by atoms with Crippen molar-refractivity contribution in [3.8, 4) is 0 Å². The number of aromatic nitrogens is 1. The first-order chi connectivity index (χ1) is 16.6. The Morgan fingerprint density at radius 3 is 2.50 bits per heavy atom. The van der Waals surface area contributed by atoms with E-state index in [1.165, 1.54) is 5.01 Å². The maximum Gasteiger partial charge on any atom is 0.255 e. The molecule has 172 valence electrons. The number of hydrazone groups is 1. The SMILES string of the molecule is O=C(CCC(=O)N1CCC(c2ccccc2)=N1)NCc1cccc(NC(=O)c2ccncc2)c1. The highest BCUT2D eigenvalue weighted by molar-refractivity contribution is 6.04. The van der Waals surface area contributed by atoms with Crippen molar-refractivity contribution in [1.82, 2.24) is 15.3 Å². The largest absolute Gasteiger partial charge is 0.352 e. The lowest BCUT2D eigenvalue weighted by Crippen LogP contribution is -2.27. The summed E-state index contributed by atoms with van der Waals surface area (Å²) in [6, 6.07) is 20.3. The van der Waals surface area contributed by atoms with Gasteiger partial charge in [0.15, 0.2) is 0 Å². The number of anilines is 1. The van der Waals surface area contributed by atoms with Gasteiger partial charge < -0.3 is 10.6 Å². The van der Waals surface area contributed by atoms with E-state index in [1.807, 2.05) is 42.5 Å². The number of amides is 3. The molecule has 3 aromatic rings. The van der Waals surface area contributed by atoms with Crippen molar-refractivity contribution in [2.45, 2.75) is 25.8 Å². The molecule has 8 nitrogen and oxygen atoms in total. The molecule has 0 aliphatic carbocycles. The van der Waals surface area contributed by atoms with Crippen molar-refractivity contribution >= 4 is 29.1 Å². The molecule has 0 saturated carbocycles. The van der Waals surface area contributed by atoms with E-state index < -0.39 is 0 Å². The molecule has 0 spiro atoms. The highest BCUT2D eigenvalue weighted by Crippen LogP contribution is 2.15. The molecular weight excluding hydrogens is 430 g/mol. The summed E-state index contributed by atoms with van der Waals surface area (Å²) in [5, 5.41) is 11.5. The van der Waals surface area contributed by atoms with E-state index in [9.17, 15) is 14.4 Å². The average Bonchev–Trinajstić information content (AvgIpc) is 3.38. The van der Waals surface area contributed by atoms with Crippen LogP contribution in [0.25, 0.3) is 0 Å². The van der Waals surface area contributed by atoms with Gasteiger partial charge in [-0.15, -0.1) is 0 Å². The first-order valence-corrected chi connectivity index (χ1v) is 11.1. The Hall–Kier alpha value is -4.33. The minimum absolute atomic E-state index is 0.0873. The molecule has 1 aliphatic heterocycles. The lowest BCUT2D eigenvalue weighted by molar-refractivity contribution is -0.133. The quantitative estimate of drug-likeness (QED) is 0.543. The molecule has 0 unspecified atom stereocenters. The van der Waals surface area contributed by atoms with Crippen LogP contribution in [-0.2, 0) is 16.1 Å². The molecule has 4 rings (SSSR count). The lowest BCUT2D eigenvalue weighted by atomic mass is 10.1. The first-order valence-electron chi connectivity index (χ1n) is 11.1. The fourth-order valence-corrected chi connectivity index (χ4v) is 3.57. The smallest absolute Gasteiger partial charge is 0.255 e. The van der Waals surface area contributed by atoms with Crippen molar-refractivity contribution in [2.24, 2.45) is 5.10 Å². The third-order valence-electron chi connectivity index (χ3n) is 5.38. The highest BCUT2D eigenvalue weighted by Gasteiger charge is 2.21. The van der Waals surface area contributed by atoms with Crippen molar-refractivity contribution in [3.05, 3.63) is 95.8 Å². The van der Waals surface area contributed by atoms with Gasteiger partial charge in [-0.1, -0.05) is 42.5 Å². The summed E-state index contributed by atoms with van der Waals surface area (Å²) >= 11 is 0. The predicted octanol–water partition coefficient (Wildman–Crippen LogP) is 3.37. The number of hydrogen-bond acceptors (Lipinski definition) is 5. The number of hydrogen-bond donors (Lipinski definition) is 2. The molecule has 8 heteroatoms. The van der Waals surface area contributed by atoms with Gasteiger partial charge in [-0.25, -0.2) is 5.01 Å². The van der Waals surface area contributed by atoms with Crippen LogP contribution in [0.3, 0.4) is 0 Å². The fourth-order valence-electron chi connectivity index (χ4n) is 3.57. The molecular formula is C26H25N5O3. The van der Waals surface area contributed by atoms with Gasteiger partial charge in [-0.3, -0.25) is 19.4 Å². The minimum atomic E-state index is -0.234. The van der Waals surface area contributed by atoms with Gasteiger partial charge in [0, 0.05) is 49.5 Å². The average molecular weight is 456 g/mol. The summed E-state index contributed by atoms with van der Waals surface area (Å²) in [5.74, 6) is -0.616. The van der Waals surface area contributed by atoms with E-state index in [0.29, 0.717) is 30.8 Å². The second-order valence-electron chi connectivity index (χ2n) is 7.85. The van der Waals surface area contributed by atoms with Gasteiger partial charge in [0.1, 0.15) is 0 Å². The third-order valence-corrected chi connectivity index (χ3v) is 5.38. The maximum absolute atomic E-state index is 12.5. The number of benzene rings is 2. The van der Waals surface area contributed by atoms with Crippen LogP contribution in [0.4, 0.5) is 5.69 Å². The molecule has 2 N–H and O–H groups in total. The molecule has 0 atom stereocenters. The molecule has 1 aliphatic rings. The summed E-state index contributed by atoms with van der Waals surface area (Å²) in [7, 11) is 0. The van der Waals surface area contributed by atoms with E-state index in [1.54, 1.807) is 36.7 Å². The Labute approximate surface area is 197 Å². The van der Waals surface area contributed by atoms with Crippen LogP contribution in [0.5, 0.6) is 0 Å². The number of carbonyl (C=O) groups is 3. The van der Waals surface area contributed by atoms with Crippen LogP contribution in [0.15, 0.2) is 84.2 Å². The normalized spacial score (nSPS) is 12.7. The zero-order chi connectivity index (χ0) is 23.8. The Balaban J connectivity index is 1.23. The summed E-state index contributed by atoms with van der Waals surface area (Å²) in [6.45, 7) is 0.828. The molecule has 1 aromatic heterocycles. The Morgan fingerprint density at radius 1 is 0.912 bits per heavy atom. The molecule has 2 aromatic carbocycles. The van der Waals surface area contributed by atoms with E-state index >= 15 is 0 Å². The summed E-state index contributed by atoms with van der Waals surface area (Å²) in [4.78, 5) is 40.9. The van der Waals surface area contributed by atoms with Gasteiger partial charge in [0.25, 0.3) is 5.91 Å². The standard InChI is InChI=1S/C26H25N5O3/c32-24(9-10-25(33)31-16-13-23(30-31)20-6-2-1-3-7-20)28-18-19-5-4-8-22(17-19)29-26(34)21-11-14-27-15-12-21/h1-8,11-12,14-15,17H,9-10,13,16,18H2,(H,28,32)(H,29,34). The maximum atomic E-state index is 12.5. The van der Waals surface area contributed by atoms with Crippen molar-refractivity contribution in [3.63, 3.8) is 0 Å². The van der Waals surface area contributed by atoms with Gasteiger partial charge in [-0.05, 0) is 35.4 Å². The molecule has 0 saturated heterocycles. The van der Waals surface area contributed by atoms with Crippen LogP contribution in [0.1, 0.15) is 40.7 Å². The Bertz CT molecular complexity index is 1200. The van der Waals surface area contributed by atoms with Crippen LogP contribution < -0.4 is 10.6 Å². The highest BCUT2D eigenvalue weighted by atomic mass is 16.2. The number of pyridine rings is 1. The molecule has 34 heavy (non-hydrogen) atoms. The lowest BCUT2D eigenvalue weighted by Gasteiger charge is -2.11. The van der Waals surface area contributed by atoms with Crippen LogP contribution in [-0.4, -0.2) is 40.0 Å². The van der Waals surface area contributed by atoms with Crippen LogP contribution in [0.2, 0.25) is 0 Å². The Morgan fingerprint density at radius 2 is 1.71 bits per heavy atom. The zero-order valence-electron chi connectivity index (χ0n) is 18.6. The number of carbonyl (C=O) groups excluding carboxylic acids is 3. The van der Waals surface area contributed by atoms with Gasteiger partial charge >= 0.3 is 0 Å². The van der Waals surface area contributed by atoms with Gasteiger partial charge in [0.2, 0.25) is 11.8 Å².